The van der Waals surface area contributed by atoms with E-state index in [0.29, 0.717) is 10.5 Å². The molecule has 0 aromatic carbocycles. The van der Waals surface area contributed by atoms with Crippen molar-refractivity contribution in [3.05, 3.63) is 12.4 Å². The lowest BCUT2D eigenvalue weighted by Gasteiger charge is -2.31. The Labute approximate surface area is 163 Å². The average Bonchev–Trinajstić information content (AvgIpc) is 2.83. The van der Waals surface area contributed by atoms with Gasteiger partial charge in [-0.1, -0.05) is 0 Å². The first-order chi connectivity index (χ1) is 12.9. The van der Waals surface area contributed by atoms with E-state index >= 15 is 0 Å². The zero-order valence-electron chi connectivity index (χ0n) is 17.1. The second kappa shape index (κ2) is 6.92. The highest BCUT2D eigenvalue weighted by Crippen LogP contribution is 2.22. The lowest BCUT2D eigenvalue weighted by atomic mass is 10.2. The molecule has 10 nitrogen and oxygen atoms in total. The van der Waals surface area contributed by atoms with Crippen molar-refractivity contribution in [2.45, 2.75) is 59.2 Å². The summed E-state index contributed by atoms with van der Waals surface area (Å²) in [5, 5.41) is 4.28. The van der Waals surface area contributed by atoms with Gasteiger partial charge in [-0.05, 0) is 48.0 Å². The summed E-state index contributed by atoms with van der Waals surface area (Å²) in [6.45, 7) is 12.1. The number of hydrogen-bond acceptors (Lipinski definition) is 8. The first kappa shape index (κ1) is 19.8. The highest BCUT2D eigenvalue weighted by atomic mass is 16.6. The molecule has 0 unspecified atom stereocenters. The molecule has 0 radical (unpaired) electrons. The maximum absolute atomic E-state index is 12.7. The van der Waals surface area contributed by atoms with Gasteiger partial charge in [0.1, 0.15) is 17.0 Å². The molecule has 0 bridgehead atoms. The number of carbonyl (C=O) groups is 2. The third-order valence-electron chi connectivity index (χ3n) is 3.73. The van der Waals surface area contributed by atoms with Crippen LogP contribution in [0, 0.1) is 0 Å². The molecule has 0 saturated carbocycles. The number of nitrogens with zero attached hydrogens (tertiary/aromatic N) is 6. The van der Waals surface area contributed by atoms with Gasteiger partial charge in [0, 0.05) is 13.1 Å². The molecule has 1 aliphatic rings. The van der Waals surface area contributed by atoms with Crippen LogP contribution in [0.3, 0.4) is 0 Å². The molecule has 1 fully saturated rings. The van der Waals surface area contributed by atoms with Crippen LogP contribution in [0.25, 0.3) is 5.65 Å². The molecule has 0 N–H and O–H groups in total. The van der Waals surface area contributed by atoms with E-state index < -0.39 is 23.4 Å². The molecule has 152 valence electrons. The second-order valence-corrected chi connectivity index (χ2v) is 8.60. The standard InChI is InChI=1S/C18H26N6O4/c1-17(2,3)27-15(25)24(16(26)28-18(4,5)6)14-20-12-10-19-13(11-23(12)21-14)22-8-7-9-22/h10-11H,7-9H2,1-6H3. The van der Waals surface area contributed by atoms with Crippen molar-refractivity contribution in [1.82, 2.24) is 19.6 Å². The van der Waals surface area contributed by atoms with Crippen LogP contribution in [-0.2, 0) is 9.47 Å². The number of imide groups is 1. The maximum atomic E-state index is 12.7. The molecule has 0 spiro atoms. The summed E-state index contributed by atoms with van der Waals surface area (Å²) in [5.74, 6) is 0.627. The number of fused-ring (bicyclic) bond motifs is 1. The van der Waals surface area contributed by atoms with E-state index in [2.05, 4.69) is 20.0 Å². The molecule has 2 amide bonds. The van der Waals surface area contributed by atoms with Crippen molar-refractivity contribution in [2.75, 3.05) is 22.9 Å². The Morgan fingerprint density at radius 2 is 1.61 bits per heavy atom. The largest absolute Gasteiger partial charge is 0.443 e. The van der Waals surface area contributed by atoms with Gasteiger partial charge in [0.2, 0.25) is 0 Å². The topological polar surface area (TPSA) is 102 Å². The molecule has 1 aliphatic heterocycles. The van der Waals surface area contributed by atoms with E-state index in [1.54, 1.807) is 53.9 Å². The van der Waals surface area contributed by atoms with Crippen molar-refractivity contribution < 1.29 is 19.1 Å². The smallest absolute Gasteiger partial charge is 0.427 e. The zero-order valence-corrected chi connectivity index (χ0v) is 17.1. The second-order valence-electron chi connectivity index (χ2n) is 8.60. The molecular weight excluding hydrogens is 364 g/mol. The van der Waals surface area contributed by atoms with Gasteiger partial charge in [0.15, 0.2) is 5.65 Å². The SMILES string of the molecule is CC(C)(C)OC(=O)N(C(=O)OC(C)(C)C)c1nc2cnc(N3CCC3)cn2n1. The fourth-order valence-corrected chi connectivity index (χ4v) is 2.43. The third kappa shape index (κ3) is 4.49. The zero-order chi connectivity index (χ0) is 20.7. The van der Waals surface area contributed by atoms with E-state index in [-0.39, 0.29) is 5.95 Å². The molecule has 2 aromatic heterocycles. The minimum Gasteiger partial charge on any atom is -0.443 e. The van der Waals surface area contributed by atoms with Crippen molar-refractivity contribution in [3.63, 3.8) is 0 Å². The molecule has 3 rings (SSSR count). The van der Waals surface area contributed by atoms with Crippen LogP contribution >= 0.6 is 0 Å². The summed E-state index contributed by atoms with van der Waals surface area (Å²) in [6, 6.07) is 0. The van der Waals surface area contributed by atoms with Gasteiger partial charge in [-0.25, -0.2) is 19.1 Å². The van der Waals surface area contributed by atoms with Crippen molar-refractivity contribution in [2.24, 2.45) is 0 Å². The van der Waals surface area contributed by atoms with Crippen LogP contribution < -0.4 is 9.80 Å². The number of carbonyl (C=O) groups excluding carboxylic acids is 2. The number of rotatable bonds is 2. The molecule has 28 heavy (non-hydrogen) atoms. The van der Waals surface area contributed by atoms with Gasteiger partial charge in [-0.3, -0.25) is 0 Å². The summed E-state index contributed by atoms with van der Waals surface area (Å²) in [6.07, 6.45) is 2.56. The Kier molecular flexibility index (Phi) is 4.90. The Morgan fingerprint density at radius 1 is 1.04 bits per heavy atom. The Balaban J connectivity index is 1.96. The monoisotopic (exact) mass is 390 g/mol. The van der Waals surface area contributed by atoms with Gasteiger partial charge in [-0.2, -0.15) is 4.98 Å². The number of aromatic nitrogens is 4. The molecule has 10 heteroatoms. The Hall–Kier alpha value is -2.91. The minimum absolute atomic E-state index is 0.133. The van der Waals surface area contributed by atoms with Crippen molar-refractivity contribution >= 4 is 29.6 Å². The van der Waals surface area contributed by atoms with E-state index in [0.717, 1.165) is 25.3 Å². The van der Waals surface area contributed by atoms with Gasteiger partial charge < -0.3 is 14.4 Å². The van der Waals surface area contributed by atoms with E-state index in [4.69, 9.17) is 9.47 Å². The predicted molar refractivity (Wildman–Crippen MR) is 103 cm³/mol. The normalized spacial score (nSPS) is 14.6. The molecule has 2 aromatic rings. The van der Waals surface area contributed by atoms with Gasteiger partial charge in [0.25, 0.3) is 5.95 Å². The van der Waals surface area contributed by atoms with Crippen LogP contribution in [-0.4, -0.2) is 56.1 Å². The van der Waals surface area contributed by atoms with Crippen LogP contribution in [0.4, 0.5) is 21.4 Å². The van der Waals surface area contributed by atoms with E-state index in [1.807, 2.05) is 0 Å². The van der Waals surface area contributed by atoms with Crippen LogP contribution in [0.15, 0.2) is 12.4 Å². The van der Waals surface area contributed by atoms with E-state index in [1.165, 1.54) is 4.52 Å². The van der Waals surface area contributed by atoms with Crippen LogP contribution in [0.5, 0.6) is 0 Å². The number of anilines is 2. The van der Waals surface area contributed by atoms with Gasteiger partial charge in [-0.15, -0.1) is 10.00 Å². The van der Waals surface area contributed by atoms with Crippen LogP contribution in [0.2, 0.25) is 0 Å². The summed E-state index contributed by atoms with van der Waals surface area (Å²) in [4.78, 5) is 36.8. The fourth-order valence-electron chi connectivity index (χ4n) is 2.43. The molecule has 1 saturated heterocycles. The Morgan fingerprint density at radius 3 is 2.07 bits per heavy atom. The van der Waals surface area contributed by atoms with Crippen molar-refractivity contribution in [1.29, 1.82) is 0 Å². The number of ether oxygens (including phenoxy) is 2. The lowest BCUT2D eigenvalue weighted by Crippen LogP contribution is -2.44. The summed E-state index contributed by atoms with van der Waals surface area (Å²) in [7, 11) is 0. The highest BCUT2D eigenvalue weighted by molar-refractivity contribution is 6.08. The lowest BCUT2D eigenvalue weighted by molar-refractivity contribution is 0.0427. The summed E-state index contributed by atoms with van der Waals surface area (Å²) in [5.41, 5.74) is -1.21. The third-order valence-corrected chi connectivity index (χ3v) is 3.73. The fraction of sp³-hybridized carbons (Fsp3) is 0.611. The first-order valence-electron chi connectivity index (χ1n) is 9.16. The van der Waals surface area contributed by atoms with Gasteiger partial charge >= 0.3 is 12.2 Å². The molecule has 0 atom stereocenters. The first-order valence-corrected chi connectivity index (χ1v) is 9.16. The average molecular weight is 390 g/mol. The predicted octanol–water partition coefficient (Wildman–Crippen LogP) is 3.01. The number of amides is 2. The van der Waals surface area contributed by atoms with Gasteiger partial charge in [0.05, 0.1) is 12.4 Å². The molecule has 0 aliphatic carbocycles. The maximum Gasteiger partial charge on any atom is 0.427 e. The Bertz CT molecular complexity index is 864. The van der Waals surface area contributed by atoms with Crippen LogP contribution in [0.1, 0.15) is 48.0 Å². The summed E-state index contributed by atoms with van der Waals surface area (Å²) < 4.78 is 12.2. The minimum atomic E-state index is -0.909. The number of hydrogen-bond donors (Lipinski definition) is 0. The van der Waals surface area contributed by atoms with Crippen molar-refractivity contribution in [3.8, 4) is 0 Å². The molecular formula is C18H26N6O4. The summed E-state index contributed by atoms with van der Waals surface area (Å²) >= 11 is 0. The van der Waals surface area contributed by atoms with E-state index in [9.17, 15) is 9.59 Å². The quantitative estimate of drug-likeness (QED) is 0.771. The highest BCUT2D eigenvalue weighted by Gasteiger charge is 2.35. The molecule has 3 heterocycles.